The van der Waals surface area contributed by atoms with Gasteiger partial charge in [0.05, 0.1) is 0 Å². The van der Waals surface area contributed by atoms with Crippen molar-refractivity contribution in [3.8, 4) is 45.3 Å². The fourth-order valence-electron chi connectivity index (χ4n) is 8.20. The summed E-state index contributed by atoms with van der Waals surface area (Å²) in [6.45, 7) is 14.1. The van der Waals surface area contributed by atoms with Crippen LogP contribution in [0.3, 0.4) is 0 Å². The first-order chi connectivity index (χ1) is 23.0. The Bertz CT molecular complexity index is 2440. The zero-order chi connectivity index (χ0) is 33.0. The lowest BCUT2D eigenvalue weighted by Gasteiger charge is -2.42. The molecule has 0 unspecified atom stereocenters. The molecule has 0 bridgehead atoms. The van der Waals surface area contributed by atoms with Gasteiger partial charge in [-0.15, -0.1) is 11.3 Å². The van der Waals surface area contributed by atoms with Crippen molar-refractivity contribution in [2.75, 3.05) is 0 Å². The minimum absolute atomic E-state index is 0.0885. The van der Waals surface area contributed by atoms with Gasteiger partial charge in [0, 0.05) is 42.3 Å². The Morgan fingerprint density at radius 1 is 0.458 bits per heavy atom. The SMILES string of the molecule is CC1(C)CCC(C)(C)c2cc(-c3nc(-c4ccc5c(c4)C(C)(C)c4ccccc4-5)nc(-c4ccc5sc6ccccc6c5c4)n3)ccc21. The van der Waals surface area contributed by atoms with Crippen molar-refractivity contribution in [1.29, 1.82) is 0 Å². The van der Waals surface area contributed by atoms with Crippen LogP contribution in [0.4, 0.5) is 0 Å². The van der Waals surface area contributed by atoms with Crippen molar-refractivity contribution in [3.05, 3.63) is 125 Å². The lowest BCUT2D eigenvalue weighted by Crippen LogP contribution is -2.33. The predicted octanol–water partition coefficient (Wildman–Crippen LogP) is 11.9. The molecule has 0 atom stereocenters. The zero-order valence-corrected chi connectivity index (χ0v) is 29.3. The van der Waals surface area contributed by atoms with Crippen molar-refractivity contribution in [2.45, 2.75) is 70.6 Å². The number of hydrogen-bond acceptors (Lipinski definition) is 4. The van der Waals surface area contributed by atoms with Crippen molar-refractivity contribution in [1.82, 2.24) is 15.0 Å². The van der Waals surface area contributed by atoms with Crippen molar-refractivity contribution < 1.29 is 0 Å². The highest BCUT2D eigenvalue weighted by atomic mass is 32.1. The number of rotatable bonds is 3. The molecule has 2 aromatic heterocycles. The lowest BCUT2D eigenvalue weighted by molar-refractivity contribution is 0.332. The first kappa shape index (κ1) is 29.5. The molecule has 0 spiro atoms. The molecule has 0 radical (unpaired) electrons. The average Bonchev–Trinajstić information content (AvgIpc) is 3.58. The van der Waals surface area contributed by atoms with Gasteiger partial charge in [-0.1, -0.05) is 108 Å². The monoisotopic (exact) mass is 641 g/mol. The van der Waals surface area contributed by atoms with Crippen LogP contribution in [0.2, 0.25) is 0 Å². The Kier molecular flexibility index (Phi) is 6.24. The molecule has 0 N–H and O–H groups in total. The van der Waals surface area contributed by atoms with E-state index in [0.717, 1.165) is 28.9 Å². The van der Waals surface area contributed by atoms with Crippen molar-refractivity contribution >= 4 is 31.5 Å². The van der Waals surface area contributed by atoms with Gasteiger partial charge in [0.2, 0.25) is 0 Å². The highest BCUT2D eigenvalue weighted by Gasteiger charge is 2.38. The summed E-state index contributed by atoms with van der Waals surface area (Å²) >= 11 is 1.83. The van der Waals surface area contributed by atoms with Gasteiger partial charge in [-0.25, -0.2) is 15.0 Å². The second-order valence-electron chi connectivity index (χ2n) is 15.6. The third-order valence-electron chi connectivity index (χ3n) is 11.2. The Balaban J connectivity index is 1.25. The molecule has 0 fully saturated rings. The van der Waals surface area contributed by atoms with Crippen LogP contribution in [0.15, 0.2) is 103 Å². The molecule has 7 aromatic rings. The second-order valence-corrected chi connectivity index (χ2v) is 16.7. The van der Waals surface area contributed by atoms with Crippen LogP contribution in [0, 0.1) is 0 Å². The zero-order valence-electron chi connectivity index (χ0n) is 28.5. The number of fused-ring (bicyclic) bond motifs is 7. The molecule has 3 nitrogen and oxygen atoms in total. The van der Waals surface area contributed by atoms with Gasteiger partial charge in [0.15, 0.2) is 17.5 Å². The van der Waals surface area contributed by atoms with Gasteiger partial charge < -0.3 is 0 Å². The van der Waals surface area contributed by atoms with E-state index >= 15 is 0 Å². The largest absolute Gasteiger partial charge is 0.208 e. The maximum absolute atomic E-state index is 5.24. The van der Waals surface area contributed by atoms with Crippen LogP contribution in [0.5, 0.6) is 0 Å². The van der Waals surface area contributed by atoms with Gasteiger partial charge in [-0.2, -0.15) is 0 Å². The number of benzene rings is 5. The maximum atomic E-state index is 5.24. The smallest absolute Gasteiger partial charge is 0.164 e. The standard InChI is InChI=1S/C44H39N3S/c1-42(2)21-22-43(3,4)36-25-28(16-19-34(36)42)41-46-39(26-17-20-38-32(23-26)31-12-8-10-14-37(31)48-38)45-40(47-41)27-15-18-30-29-11-7-9-13-33(29)44(5,6)35(30)24-27/h7-20,23-25H,21-22H2,1-6H3. The molecule has 4 heteroatoms. The Labute approximate surface area is 286 Å². The van der Waals surface area contributed by atoms with Crippen molar-refractivity contribution in [3.63, 3.8) is 0 Å². The summed E-state index contributed by atoms with van der Waals surface area (Å²) < 4.78 is 2.57. The van der Waals surface area contributed by atoms with E-state index in [9.17, 15) is 0 Å². The number of thiophene rings is 1. The molecule has 2 heterocycles. The van der Waals surface area contributed by atoms with Gasteiger partial charge >= 0.3 is 0 Å². The van der Waals surface area contributed by atoms with E-state index < -0.39 is 0 Å². The molecule has 236 valence electrons. The summed E-state index contributed by atoms with van der Waals surface area (Å²) in [6.07, 6.45) is 2.34. The molecular weight excluding hydrogens is 603 g/mol. The first-order valence-electron chi connectivity index (χ1n) is 17.1. The topological polar surface area (TPSA) is 38.7 Å². The van der Waals surface area contributed by atoms with E-state index in [2.05, 4.69) is 145 Å². The highest BCUT2D eigenvalue weighted by Crippen LogP contribution is 2.50. The normalized spacial score (nSPS) is 16.9. The summed E-state index contributed by atoms with van der Waals surface area (Å²) in [6, 6.07) is 37.7. The van der Waals surface area contributed by atoms with Crippen molar-refractivity contribution in [2.24, 2.45) is 0 Å². The molecule has 0 aliphatic heterocycles. The summed E-state index contributed by atoms with van der Waals surface area (Å²) in [4.78, 5) is 15.7. The number of hydrogen-bond donors (Lipinski definition) is 0. The lowest BCUT2D eigenvalue weighted by atomic mass is 9.63. The van der Waals surface area contributed by atoms with Crippen LogP contribution in [-0.2, 0) is 16.2 Å². The summed E-state index contributed by atoms with van der Waals surface area (Å²) in [5.74, 6) is 2.12. The maximum Gasteiger partial charge on any atom is 0.164 e. The van der Waals surface area contributed by atoms with E-state index in [1.807, 2.05) is 11.3 Å². The molecule has 0 amide bonds. The van der Waals surface area contributed by atoms with Crippen LogP contribution < -0.4 is 0 Å². The van der Waals surface area contributed by atoms with E-state index in [0.29, 0.717) is 11.6 Å². The van der Waals surface area contributed by atoms with Gasteiger partial charge in [0.25, 0.3) is 0 Å². The quantitative estimate of drug-likeness (QED) is 0.193. The molecule has 48 heavy (non-hydrogen) atoms. The third kappa shape index (κ3) is 4.42. The van der Waals surface area contributed by atoms with E-state index in [1.165, 1.54) is 60.0 Å². The van der Waals surface area contributed by atoms with E-state index in [4.69, 9.17) is 15.0 Å². The second kappa shape index (κ2) is 10.2. The molecule has 5 aromatic carbocycles. The van der Waals surface area contributed by atoms with Crippen LogP contribution >= 0.6 is 11.3 Å². The molecule has 0 saturated carbocycles. The van der Waals surface area contributed by atoms with Gasteiger partial charge in [-0.3, -0.25) is 0 Å². The van der Waals surface area contributed by atoms with Crippen LogP contribution in [0.25, 0.3) is 65.5 Å². The average molecular weight is 642 g/mol. The summed E-state index contributed by atoms with van der Waals surface area (Å²) in [7, 11) is 0. The first-order valence-corrected chi connectivity index (χ1v) is 17.9. The van der Waals surface area contributed by atoms with Crippen LogP contribution in [0.1, 0.15) is 76.6 Å². The molecule has 2 aliphatic carbocycles. The molecular formula is C44H39N3S. The summed E-state index contributed by atoms with van der Waals surface area (Å²) in [5.41, 5.74) is 11.3. The molecule has 9 rings (SSSR count). The Morgan fingerprint density at radius 2 is 1.00 bits per heavy atom. The Morgan fingerprint density at radius 3 is 1.75 bits per heavy atom. The molecule has 0 saturated heterocycles. The van der Waals surface area contributed by atoms with E-state index in [-0.39, 0.29) is 16.2 Å². The fourth-order valence-corrected chi connectivity index (χ4v) is 9.29. The summed E-state index contributed by atoms with van der Waals surface area (Å²) in [5, 5.41) is 2.51. The Hall–Kier alpha value is -4.67. The van der Waals surface area contributed by atoms with Crippen LogP contribution in [-0.4, -0.2) is 15.0 Å². The third-order valence-corrected chi connectivity index (χ3v) is 12.4. The number of nitrogens with zero attached hydrogens (tertiary/aromatic N) is 3. The van der Waals surface area contributed by atoms with Gasteiger partial charge in [0.1, 0.15) is 0 Å². The molecule has 2 aliphatic rings. The van der Waals surface area contributed by atoms with Gasteiger partial charge in [-0.05, 0) is 93.5 Å². The van der Waals surface area contributed by atoms with E-state index in [1.54, 1.807) is 0 Å². The fraction of sp³-hybridized carbons (Fsp3) is 0.250. The number of aromatic nitrogens is 3. The minimum Gasteiger partial charge on any atom is -0.208 e. The highest BCUT2D eigenvalue weighted by molar-refractivity contribution is 7.25. The predicted molar refractivity (Wildman–Crippen MR) is 202 cm³/mol. The minimum atomic E-state index is -0.109.